The normalized spacial score (nSPS) is 12.8. The summed E-state index contributed by atoms with van der Waals surface area (Å²) in [5.41, 5.74) is 0. The molecule has 2 nitrogen and oxygen atoms in total. The fourth-order valence-corrected chi connectivity index (χ4v) is 1.02. The Labute approximate surface area is 61.4 Å². The molecule has 0 radical (unpaired) electrons. The second-order valence-electron chi connectivity index (χ2n) is 2.00. The van der Waals surface area contributed by atoms with Gasteiger partial charge in [0.1, 0.15) is 0 Å². The van der Waals surface area contributed by atoms with E-state index in [-0.39, 0.29) is 11.3 Å². The van der Waals surface area contributed by atoms with Gasteiger partial charge in [-0.05, 0) is 6.42 Å². The van der Waals surface area contributed by atoms with Crippen molar-refractivity contribution in [3.63, 3.8) is 0 Å². The van der Waals surface area contributed by atoms with Gasteiger partial charge >= 0.3 is 0 Å². The van der Waals surface area contributed by atoms with Crippen molar-refractivity contribution in [3.8, 4) is 0 Å². The molecule has 0 aromatic heterocycles. The summed E-state index contributed by atoms with van der Waals surface area (Å²) in [6.07, 6.45) is 1.98. The molecule has 0 heterocycles. The summed E-state index contributed by atoms with van der Waals surface area (Å²) >= 11 is 4.12. The maximum absolute atomic E-state index is 10.4. The van der Waals surface area contributed by atoms with Crippen molar-refractivity contribution in [2.24, 2.45) is 0 Å². The van der Waals surface area contributed by atoms with Gasteiger partial charge < -0.3 is 5.32 Å². The largest absolute Gasteiger partial charge is 0.345 e. The molecule has 0 aliphatic rings. The number of amides is 1. The lowest BCUT2D eigenvalue weighted by Gasteiger charge is -2.08. The first kappa shape index (κ1) is 8.82. The van der Waals surface area contributed by atoms with E-state index >= 15 is 0 Å². The van der Waals surface area contributed by atoms with Gasteiger partial charge in [0, 0.05) is 6.92 Å². The quantitative estimate of drug-likeness (QED) is 0.455. The average molecular weight is 147 g/mol. The van der Waals surface area contributed by atoms with Crippen LogP contribution in [0.25, 0.3) is 0 Å². The summed E-state index contributed by atoms with van der Waals surface area (Å²) in [5, 5.41) is 2.70. The zero-order chi connectivity index (χ0) is 7.28. The van der Waals surface area contributed by atoms with E-state index in [9.17, 15) is 4.79 Å². The molecule has 0 saturated carbocycles. The fourth-order valence-electron chi connectivity index (χ4n) is 0.580. The molecule has 1 atom stereocenters. The van der Waals surface area contributed by atoms with E-state index in [1.54, 1.807) is 0 Å². The third-order valence-electron chi connectivity index (χ3n) is 0.932. The minimum Gasteiger partial charge on any atom is -0.345 e. The van der Waals surface area contributed by atoms with E-state index in [1.165, 1.54) is 6.92 Å². The van der Waals surface area contributed by atoms with E-state index in [0.717, 1.165) is 12.8 Å². The van der Waals surface area contributed by atoms with Crippen LogP contribution >= 0.6 is 12.6 Å². The van der Waals surface area contributed by atoms with Crippen LogP contribution in [0.15, 0.2) is 0 Å². The minimum absolute atomic E-state index is 0.0107. The van der Waals surface area contributed by atoms with Crippen LogP contribution in [0, 0.1) is 0 Å². The molecular formula is C6H13NOS. The van der Waals surface area contributed by atoms with Crippen LogP contribution in [-0.2, 0) is 4.79 Å². The van der Waals surface area contributed by atoms with E-state index in [2.05, 4.69) is 24.9 Å². The topological polar surface area (TPSA) is 29.1 Å². The third-order valence-corrected chi connectivity index (χ3v) is 1.32. The molecule has 0 bridgehead atoms. The van der Waals surface area contributed by atoms with Gasteiger partial charge in [-0.1, -0.05) is 13.3 Å². The predicted molar refractivity (Wildman–Crippen MR) is 41.5 cm³/mol. The van der Waals surface area contributed by atoms with Gasteiger partial charge in [-0.2, -0.15) is 12.6 Å². The van der Waals surface area contributed by atoms with Crippen molar-refractivity contribution in [3.05, 3.63) is 0 Å². The lowest BCUT2D eigenvalue weighted by atomic mass is 10.3. The molecule has 1 unspecified atom stereocenters. The molecule has 9 heavy (non-hydrogen) atoms. The lowest BCUT2D eigenvalue weighted by Crippen LogP contribution is -2.28. The van der Waals surface area contributed by atoms with Crippen LogP contribution in [0.5, 0.6) is 0 Å². The van der Waals surface area contributed by atoms with Crippen molar-refractivity contribution in [1.29, 1.82) is 0 Å². The Balaban J connectivity index is 3.26. The average Bonchev–Trinajstić information content (AvgIpc) is 1.63. The molecule has 1 N–H and O–H groups in total. The van der Waals surface area contributed by atoms with Crippen molar-refractivity contribution < 1.29 is 4.79 Å². The summed E-state index contributed by atoms with van der Waals surface area (Å²) in [6.45, 7) is 3.56. The number of nitrogens with one attached hydrogen (secondary N) is 1. The molecule has 1 amide bonds. The van der Waals surface area contributed by atoms with Crippen molar-refractivity contribution >= 4 is 18.5 Å². The van der Waals surface area contributed by atoms with Gasteiger partial charge in [-0.25, -0.2) is 0 Å². The van der Waals surface area contributed by atoms with Crippen LogP contribution in [-0.4, -0.2) is 11.3 Å². The van der Waals surface area contributed by atoms with Gasteiger partial charge in [0.05, 0.1) is 5.37 Å². The molecular weight excluding hydrogens is 134 g/mol. The highest BCUT2D eigenvalue weighted by Gasteiger charge is 2.00. The highest BCUT2D eigenvalue weighted by Crippen LogP contribution is 1.99. The minimum atomic E-state index is -0.0107. The summed E-state index contributed by atoms with van der Waals surface area (Å²) in [6, 6.07) is 0. The molecule has 0 saturated heterocycles. The molecule has 54 valence electrons. The van der Waals surface area contributed by atoms with E-state index in [0.29, 0.717) is 0 Å². The number of hydrogen-bond donors (Lipinski definition) is 2. The van der Waals surface area contributed by atoms with Gasteiger partial charge in [0.15, 0.2) is 0 Å². The summed E-state index contributed by atoms with van der Waals surface area (Å²) in [5.74, 6) is -0.0107. The zero-order valence-corrected chi connectivity index (χ0v) is 6.74. The second-order valence-corrected chi connectivity index (χ2v) is 2.63. The third kappa shape index (κ3) is 5.69. The first-order chi connectivity index (χ1) is 4.16. The van der Waals surface area contributed by atoms with E-state index in [4.69, 9.17) is 0 Å². The Morgan fingerprint density at radius 3 is 2.67 bits per heavy atom. The highest BCUT2D eigenvalue weighted by molar-refractivity contribution is 7.80. The molecule has 0 aromatic rings. The maximum atomic E-state index is 10.4. The molecule has 0 rings (SSSR count). The predicted octanol–water partition coefficient (Wildman–Crippen LogP) is 1.18. The lowest BCUT2D eigenvalue weighted by molar-refractivity contribution is -0.119. The fraction of sp³-hybridized carbons (Fsp3) is 0.833. The van der Waals surface area contributed by atoms with Crippen LogP contribution in [0.3, 0.4) is 0 Å². The van der Waals surface area contributed by atoms with Crippen LogP contribution in [0.1, 0.15) is 26.7 Å². The van der Waals surface area contributed by atoms with Crippen molar-refractivity contribution in [1.82, 2.24) is 5.32 Å². The molecule has 0 fully saturated rings. The number of hydrogen-bond acceptors (Lipinski definition) is 2. The molecule has 0 spiro atoms. The van der Waals surface area contributed by atoms with Crippen molar-refractivity contribution in [2.75, 3.05) is 0 Å². The Bertz CT molecular complexity index is 95.1. The first-order valence-corrected chi connectivity index (χ1v) is 3.63. The standard InChI is InChI=1S/C6H13NOS/c1-3-4-6(9)7-5(2)8/h6,9H,3-4H2,1-2H3,(H,7,8). The Hall–Kier alpha value is -0.180. The smallest absolute Gasteiger partial charge is 0.217 e. The number of rotatable bonds is 3. The van der Waals surface area contributed by atoms with Gasteiger partial charge in [-0.3, -0.25) is 4.79 Å². The highest BCUT2D eigenvalue weighted by atomic mass is 32.1. The van der Waals surface area contributed by atoms with Crippen molar-refractivity contribution in [2.45, 2.75) is 32.1 Å². The Morgan fingerprint density at radius 1 is 1.78 bits per heavy atom. The van der Waals surface area contributed by atoms with Crippen LogP contribution in [0.2, 0.25) is 0 Å². The SMILES string of the molecule is CCCC(S)NC(C)=O. The first-order valence-electron chi connectivity index (χ1n) is 3.12. The van der Waals surface area contributed by atoms with Crippen LogP contribution < -0.4 is 5.32 Å². The van der Waals surface area contributed by atoms with Gasteiger partial charge in [0.2, 0.25) is 5.91 Å². The summed E-state index contributed by atoms with van der Waals surface area (Å²) < 4.78 is 0. The molecule has 0 aliphatic heterocycles. The van der Waals surface area contributed by atoms with E-state index in [1.807, 2.05) is 0 Å². The summed E-state index contributed by atoms with van der Waals surface area (Å²) in [4.78, 5) is 10.4. The molecule has 0 aromatic carbocycles. The zero-order valence-electron chi connectivity index (χ0n) is 5.85. The molecule has 0 aliphatic carbocycles. The number of thiol groups is 1. The van der Waals surface area contributed by atoms with Gasteiger partial charge in [-0.15, -0.1) is 0 Å². The van der Waals surface area contributed by atoms with Gasteiger partial charge in [0.25, 0.3) is 0 Å². The van der Waals surface area contributed by atoms with Crippen LogP contribution in [0.4, 0.5) is 0 Å². The monoisotopic (exact) mass is 147 g/mol. The summed E-state index contributed by atoms with van der Waals surface area (Å²) in [7, 11) is 0. The number of carbonyl (C=O) groups is 1. The Morgan fingerprint density at radius 2 is 2.33 bits per heavy atom. The number of carbonyl (C=O) groups excluding carboxylic acids is 1. The second kappa shape index (κ2) is 4.68. The Kier molecular flexibility index (Phi) is 4.58. The molecule has 3 heteroatoms. The van der Waals surface area contributed by atoms with E-state index < -0.39 is 0 Å². The maximum Gasteiger partial charge on any atom is 0.217 e.